The van der Waals surface area contributed by atoms with E-state index in [4.69, 9.17) is 4.74 Å². The Hall–Kier alpha value is -0.790. The Morgan fingerprint density at radius 2 is 2.29 bits per heavy atom. The molecular formula is C12H19FO. The fraction of sp³-hybridized carbons (Fsp3) is 0.667. The van der Waals surface area contributed by atoms with Crippen molar-refractivity contribution in [1.29, 1.82) is 0 Å². The molecule has 0 aromatic carbocycles. The third kappa shape index (κ3) is 4.45. The minimum absolute atomic E-state index is 0.407. The van der Waals surface area contributed by atoms with Crippen LogP contribution in [0.2, 0.25) is 0 Å². The quantitative estimate of drug-likeness (QED) is 0.590. The summed E-state index contributed by atoms with van der Waals surface area (Å²) in [5, 5.41) is 0. The monoisotopic (exact) mass is 198 g/mol. The van der Waals surface area contributed by atoms with Gasteiger partial charge in [0, 0.05) is 6.42 Å². The molecule has 1 atom stereocenters. The molecule has 0 aromatic rings. The Bertz CT molecular complexity index is 208. The number of rotatable bonds is 6. The van der Waals surface area contributed by atoms with Gasteiger partial charge in [0.05, 0.1) is 12.4 Å². The highest BCUT2D eigenvalue weighted by Gasteiger charge is 2.09. The van der Waals surface area contributed by atoms with Crippen molar-refractivity contribution in [3.05, 3.63) is 24.0 Å². The Balaban J connectivity index is 2.06. The molecule has 0 heterocycles. The molecule has 1 nitrogen and oxygen atoms in total. The number of allylic oxidation sites excluding steroid dienone is 4. The van der Waals surface area contributed by atoms with E-state index in [0.29, 0.717) is 6.42 Å². The molecule has 0 aromatic heterocycles. The van der Waals surface area contributed by atoms with Gasteiger partial charge in [-0.25, -0.2) is 4.39 Å². The molecule has 0 bridgehead atoms. The van der Waals surface area contributed by atoms with Crippen LogP contribution < -0.4 is 0 Å². The Morgan fingerprint density at radius 3 is 3.00 bits per heavy atom. The lowest BCUT2D eigenvalue weighted by Crippen LogP contribution is -2.05. The first-order chi connectivity index (χ1) is 6.83. The first-order valence-electron chi connectivity index (χ1n) is 5.47. The molecule has 1 rings (SSSR count). The molecule has 0 saturated heterocycles. The van der Waals surface area contributed by atoms with Crippen LogP contribution in [0.5, 0.6) is 0 Å². The molecule has 1 aliphatic rings. The summed E-state index contributed by atoms with van der Waals surface area (Å²) in [4.78, 5) is 0. The van der Waals surface area contributed by atoms with E-state index in [9.17, 15) is 4.39 Å². The standard InChI is InChI=1S/C12H19FO/c1-2-3-4-5-9-14-12-8-6-7-11(13)10-12/h6-8,11H,2-5,9-10H2,1H3. The average molecular weight is 198 g/mol. The summed E-state index contributed by atoms with van der Waals surface area (Å²) in [5.41, 5.74) is 0. The molecule has 1 unspecified atom stereocenters. The number of unbranched alkanes of at least 4 members (excludes halogenated alkanes) is 3. The van der Waals surface area contributed by atoms with Crippen molar-refractivity contribution < 1.29 is 9.13 Å². The van der Waals surface area contributed by atoms with Crippen LogP contribution in [0, 0.1) is 0 Å². The van der Waals surface area contributed by atoms with E-state index < -0.39 is 6.17 Å². The van der Waals surface area contributed by atoms with E-state index in [1.165, 1.54) is 19.3 Å². The normalized spacial score (nSPS) is 20.7. The summed E-state index contributed by atoms with van der Waals surface area (Å²) in [6.45, 7) is 2.91. The Kier molecular flexibility index (Phi) is 5.35. The largest absolute Gasteiger partial charge is 0.498 e. The molecule has 1 aliphatic carbocycles. The van der Waals surface area contributed by atoms with E-state index in [1.807, 2.05) is 6.08 Å². The maximum atomic E-state index is 12.9. The second-order valence-electron chi connectivity index (χ2n) is 3.65. The molecule has 80 valence electrons. The molecule has 0 N–H and O–H groups in total. The van der Waals surface area contributed by atoms with Crippen LogP contribution in [-0.4, -0.2) is 12.8 Å². The van der Waals surface area contributed by atoms with Crippen LogP contribution in [0.25, 0.3) is 0 Å². The van der Waals surface area contributed by atoms with Gasteiger partial charge in [-0.15, -0.1) is 0 Å². The van der Waals surface area contributed by atoms with Crippen molar-refractivity contribution in [2.75, 3.05) is 6.61 Å². The zero-order valence-electron chi connectivity index (χ0n) is 8.84. The van der Waals surface area contributed by atoms with Crippen LogP contribution in [0.3, 0.4) is 0 Å². The Labute approximate surface area is 85.6 Å². The summed E-state index contributed by atoms with van der Waals surface area (Å²) in [6, 6.07) is 0. The fourth-order valence-electron chi connectivity index (χ4n) is 1.45. The molecule has 0 amide bonds. The summed E-state index contributed by atoms with van der Waals surface area (Å²) >= 11 is 0. The molecular weight excluding hydrogens is 179 g/mol. The number of halogens is 1. The summed E-state index contributed by atoms with van der Waals surface area (Å²) in [6.07, 6.45) is 9.47. The van der Waals surface area contributed by atoms with Crippen LogP contribution in [-0.2, 0) is 4.74 Å². The SMILES string of the molecule is CCCCCCOC1=CC=CC(F)C1. The van der Waals surface area contributed by atoms with Gasteiger partial charge < -0.3 is 4.74 Å². The molecule has 0 aliphatic heterocycles. The molecule has 0 saturated carbocycles. The average Bonchev–Trinajstić information content (AvgIpc) is 2.18. The van der Waals surface area contributed by atoms with Crippen molar-refractivity contribution >= 4 is 0 Å². The molecule has 2 heteroatoms. The van der Waals surface area contributed by atoms with Gasteiger partial charge in [0.2, 0.25) is 0 Å². The molecule has 0 radical (unpaired) electrons. The maximum Gasteiger partial charge on any atom is 0.126 e. The van der Waals surface area contributed by atoms with Crippen molar-refractivity contribution in [3.63, 3.8) is 0 Å². The highest BCUT2D eigenvalue weighted by molar-refractivity contribution is 5.16. The number of hydrogen-bond acceptors (Lipinski definition) is 1. The Morgan fingerprint density at radius 1 is 1.43 bits per heavy atom. The zero-order chi connectivity index (χ0) is 10.2. The van der Waals surface area contributed by atoms with Crippen LogP contribution in [0.1, 0.15) is 39.0 Å². The third-order valence-electron chi connectivity index (χ3n) is 2.28. The van der Waals surface area contributed by atoms with Gasteiger partial charge in [0.1, 0.15) is 6.17 Å². The second kappa shape index (κ2) is 6.63. The van der Waals surface area contributed by atoms with Crippen molar-refractivity contribution in [1.82, 2.24) is 0 Å². The minimum Gasteiger partial charge on any atom is -0.498 e. The van der Waals surface area contributed by atoms with Crippen molar-refractivity contribution in [3.8, 4) is 0 Å². The van der Waals surface area contributed by atoms with Gasteiger partial charge in [-0.2, -0.15) is 0 Å². The van der Waals surface area contributed by atoms with E-state index in [2.05, 4.69) is 6.92 Å². The lowest BCUT2D eigenvalue weighted by Gasteiger charge is -2.13. The lowest BCUT2D eigenvalue weighted by atomic mass is 10.1. The smallest absolute Gasteiger partial charge is 0.126 e. The number of alkyl halides is 1. The number of hydrogen-bond donors (Lipinski definition) is 0. The van der Waals surface area contributed by atoms with Crippen LogP contribution in [0.15, 0.2) is 24.0 Å². The summed E-state index contributed by atoms with van der Waals surface area (Å²) < 4.78 is 18.3. The fourth-order valence-corrected chi connectivity index (χ4v) is 1.45. The van der Waals surface area contributed by atoms with Gasteiger partial charge in [-0.1, -0.05) is 38.3 Å². The van der Waals surface area contributed by atoms with Crippen molar-refractivity contribution in [2.45, 2.75) is 45.2 Å². The van der Waals surface area contributed by atoms with E-state index >= 15 is 0 Å². The molecule has 0 fully saturated rings. The van der Waals surface area contributed by atoms with E-state index in [-0.39, 0.29) is 0 Å². The van der Waals surface area contributed by atoms with Gasteiger partial charge in [0.25, 0.3) is 0 Å². The first kappa shape index (κ1) is 11.3. The zero-order valence-corrected chi connectivity index (χ0v) is 8.84. The highest BCUT2D eigenvalue weighted by Crippen LogP contribution is 2.16. The predicted molar refractivity (Wildman–Crippen MR) is 56.8 cm³/mol. The van der Waals surface area contributed by atoms with Crippen LogP contribution >= 0.6 is 0 Å². The highest BCUT2D eigenvalue weighted by atomic mass is 19.1. The van der Waals surface area contributed by atoms with Gasteiger partial charge >= 0.3 is 0 Å². The second-order valence-corrected chi connectivity index (χ2v) is 3.65. The van der Waals surface area contributed by atoms with Gasteiger partial charge in [0.15, 0.2) is 0 Å². The van der Waals surface area contributed by atoms with Crippen LogP contribution in [0.4, 0.5) is 4.39 Å². The van der Waals surface area contributed by atoms with E-state index in [1.54, 1.807) is 12.2 Å². The van der Waals surface area contributed by atoms with Crippen molar-refractivity contribution in [2.24, 2.45) is 0 Å². The summed E-state index contributed by atoms with van der Waals surface area (Å²) in [5.74, 6) is 0.788. The predicted octanol–water partition coefficient (Wildman–Crippen LogP) is 3.77. The van der Waals surface area contributed by atoms with E-state index in [0.717, 1.165) is 18.8 Å². The van der Waals surface area contributed by atoms with Gasteiger partial charge in [-0.3, -0.25) is 0 Å². The minimum atomic E-state index is -0.856. The number of ether oxygens (including phenoxy) is 1. The third-order valence-corrected chi connectivity index (χ3v) is 2.28. The first-order valence-corrected chi connectivity index (χ1v) is 5.47. The topological polar surface area (TPSA) is 9.23 Å². The maximum absolute atomic E-state index is 12.9. The summed E-state index contributed by atoms with van der Waals surface area (Å²) in [7, 11) is 0. The lowest BCUT2D eigenvalue weighted by molar-refractivity contribution is 0.181. The molecule has 0 spiro atoms. The van der Waals surface area contributed by atoms with Gasteiger partial charge in [-0.05, 0) is 12.5 Å². The molecule has 14 heavy (non-hydrogen) atoms.